The summed E-state index contributed by atoms with van der Waals surface area (Å²) in [6.07, 6.45) is 0. The first-order chi connectivity index (χ1) is 13.9. The number of hydrogen-bond donors (Lipinski definition) is 2. The number of para-hydroxylation sites is 2. The van der Waals surface area contributed by atoms with E-state index in [0.29, 0.717) is 11.3 Å². The number of hydrogen-bond acceptors (Lipinski definition) is 4. The quantitative estimate of drug-likeness (QED) is 0.645. The van der Waals surface area contributed by atoms with E-state index in [1.165, 1.54) is 0 Å². The van der Waals surface area contributed by atoms with Crippen molar-refractivity contribution >= 4 is 22.8 Å². The summed E-state index contributed by atoms with van der Waals surface area (Å²) in [6.45, 7) is 4.08. The van der Waals surface area contributed by atoms with Gasteiger partial charge in [0.25, 0.3) is 5.91 Å². The topological polar surface area (TPSA) is 85.2 Å². The second-order valence-corrected chi connectivity index (χ2v) is 7.22. The summed E-state index contributed by atoms with van der Waals surface area (Å²) in [5.74, 6) is 0.807. The first-order valence-electron chi connectivity index (χ1n) is 9.53. The number of nitrogens with zero attached hydrogens (tertiary/aromatic N) is 2. The van der Waals surface area contributed by atoms with Crippen molar-refractivity contribution in [2.45, 2.75) is 26.4 Å². The number of benzene rings is 2. The van der Waals surface area contributed by atoms with Crippen LogP contribution in [-0.2, 0) is 18.4 Å². The molecule has 7 nitrogen and oxygen atoms in total. The Hall–Kier alpha value is -3.35. The molecule has 0 saturated carbocycles. The molecule has 1 heterocycles. The Morgan fingerprint density at radius 2 is 1.79 bits per heavy atom. The van der Waals surface area contributed by atoms with Crippen LogP contribution in [0, 0.1) is 5.92 Å². The third-order valence-corrected chi connectivity index (χ3v) is 4.89. The zero-order valence-electron chi connectivity index (χ0n) is 17.1. The Morgan fingerprint density at radius 1 is 1.10 bits per heavy atom. The molecule has 2 N–H and O–H groups in total. The molecule has 1 atom stereocenters. The first kappa shape index (κ1) is 20.4. The zero-order chi connectivity index (χ0) is 21.0. The van der Waals surface area contributed by atoms with Gasteiger partial charge in [0, 0.05) is 12.6 Å². The lowest BCUT2D eigenvalue weighted by atomic mass is 10.0. The summed E-state index contributed by atoms with van der Waals surface area (Å²) in [4.78, 5) is 29.9. The molecule has 1 unspecified atom stereocenters. The van der Waals surface area contributed by atoms with Crippen LogP contribution >= 0.6 is 0 Å². The van der Waals surface area contributed by atoms with Crippen LogP contribution in [-0.4, -0.2) is 34.5 Å². The molecule has 7 heteroatoms. The van der Waals surface area contributed by atoms with Gasteiger partial charge in [-0.1, -0.05) is 26.0 Å². The van der Waals surface area contributed by atoms with E-state index in [-0.39, 0.29) is 24.3 Å². The zero-order valence-corrected chi connectivity index (χ0v) is 17.1. The van der Waals surface area contributed by atoms with Gasteiger partial charge >= 0.3 is 0 Å². The fraction of sp³-hybridized carbons (Fsp3) is 0.318. The number of aryl methyl sites for hydroxylation is 1. The molecule has 0 aliphatic rings. The van der Waals surface area contributed by atoms with E-state index in [9.17, 15) is 9.59 Å². The third-order valence-electron chi connectivity index (χ3n) is 4.89. The van der Waals surface area contributed by atoms with Crippen molar-refractivity contribution < 1.29 is 14.3 Å². The van der Waals surface area contributed by atoms with Crippen LogP contribution in [0.3, 0.4) is 0 Å². The molecule has 0 spiro atoms. The van der Waals surface area contributed by atoms with Crippen LogP contribution in [0.15, 0.2) is 48.5 Å². The maximum atomic E-state index is 12.8. The summed E-state index contributed by atoms with van der Waals surface area (Å²) < 4.78 is 7.06. The molecule has 3 rings (SSSR count). The van der Waals surface area contributed by atoms with E-state index in [1.54, 1.807) is 31.4 Å². The van der Waals surface area contributed by atoms with E-state index >= 15 is 0 Å². The lowest BCUT2D eigenvalue weighted by Gasteiger charge is -2.21. The van der Waals surface area contributed by atoms with Crippen molar-refractivity contribution in [3.8, 4) is 5.75 Å². The van der Waals surface area contributed by atoms with Crippen molar-refractivity contribution in [3.63, 3.8) is 0 Å². The van der Waals surface area contributed by atoms with Gasteiger partial charge in [-0.15, -0.1) is 0 Å². The molecule has 1 aromatic heterocycles. The number of amides is 2. The SMILES string of the molecule is COc1ccc(C(=O)NC(C(=O)NCc2nc3ccccc3n2C)C(C)C)cc1. The predicted molar refractivity (Wildman–Crippen MR) is 112 cm³/mol. The highest BCUT2D eigenvalue weighted by molar-refractivity contribution is 5.97. The van der Waals surface area contributed by atoms with Gasteiger partial charge in [-0.3, -0.25) is 9.59 Å². The Bertz CT molecular complexity index is 1010. The van der Waals surface area contributed by atoms with Gasteiger partial charge in [0.2, 0.25) is 5.91 Å². The first-order valence-corrected chi connectivity index (χ1v) is 9.53. The van der Waals surface area contributed by atoms with Gasteiger partial charge in [-0.25, -0.2) is 4.98 Å². The molecular weight excluding hydrogens is 368 g/mol. The lowest BCUT2D eigenvalue weighted by Crippen LogP contribution is -2.49. The van der Waals surface area contributed by atoms with E-state index in [1.807, 2.05) is 49.7 Å². The summed E-state index contributed by atoms with van der Waals surface area (Å²) in [5, 5.41) is 5.73. The average molecular weight is 394 g/mol. The van der Waals surface area contributed by atoms with Crippen molar-refractivity contribution in [2.75, 3.05) is 7.11 Å². The molecule has 29 heavy (non-hydrogen) atoms. The van der Waals surface area contributed by atoms with Gasteiger partial charge in [-0.2, -0.15) is 0 Å². The molecule has 0 aliphatic carbocycles. The monoisotopic (exact) mass is 394 g/mol. The molecule has 2 amide bonds. The highest BCUT2D eigenvalue weighted by Crippen LogP contribution is 2.15. The molecule has 0 fully saturated rings. The lowest BCUT2D eigenvalue weighted by molar-refractivity contribution is -0.124. The van der Waals surface area contributed by atoms with Crippen molar-refractivity contribution in [1.82, 2.24) is 20.2 Å². The number of carbonyl (C=O) groups excluding carboxylic acids is 2. The molecule has 0 aliphatic heterocycles. The molecule has 0 radical (unpaired) electrons. The number of methoxy groups -OCH3 is 1. The van der Waals surface area contributed by atoms with Gasteiger partial charge in [0.15, 0.2) is 0 Å². The fourth-order valence-corrected chi connectivity index (χ4v) is 3.13. The smallest absolute Gasteiger partial charge is 0.251 e. The normalized spacial score (nSPS) is 12.0. The molecule has 3 aromatic rings. The number of carbonyl (C=O) groups is 2. The summed E-state index contributed by atoms with van der Waals surface area (Å²) in [5.41, 5.74) is 2.36. The Kier molecular flexibility index (Phi) is 6.16. The minimum absolute atomic E-state index is 0.0716. The summed E-state index contributed by atoms with van der Waals surface area (Å²) in [7, 11) is 3.49. The van der Waals surface area contributed by atoms with Crippen LogP contribution in [0.1, 0.15) is 30.0 Å². The van der Waals surface area contributed by atoms with E-state index < -0.39 is 6.04 Å². The van der Waals surface area contributed by atoms with Crippen molar-refractivity contribution in [1.29, 1.82) is 0 Å². The van der Waals surface area contributed by atoms with E-state index in [4.69, 9.17) is 4.74 Å². The van der Waals surface area contributed by atoms with Gasteiger partial charge in [0.05, 0.1) is 24.7 Å². The Morgan fingerprint density at radius 3 is 2.41 bits per heavy atom. The summed E-state index contributed by atoms with van der Waals surface area (Å²) >= 11 is 0. The van der Waals surface area contributed by atoms with E-state index in [0.717, 1.165) is 16.9 Å². The minimum Gasteiger partial charge on any atom is -0.497 e. The Labute approximate surface area is 170 Å². The van der Waals surface area contributed by atoms with Crippen LogP contribution in [0.2, 0.25) is 0 Å². The minimum atomic E-state index is -0.653. The van der Waals surface area contributed by atoms with Gasteiger partial charge in [-0.05, 0) is 42.3 Å². The standard InChI is InChI=1S/C22H26N4O3/c1-14(2)20(25-21(27)15-9-11-16(29-4)12-10-15)22(28)23-13-19-24-17-7-5-6-8-18(17)26(19)3/h5-12,14,20H,13H2,1-4H3,(H,23,28)(H,25,27). The fourth-order valence-electron chi connectivity index (χ4n) is 3.13. The molecule has 0 bridgehead atoms. The van der Waals surface area contributed by atoms with Crippen molar-refractivity contribution in [2.24, 2.45) is 13.0 Å². The third kappa shape index (κ3) is 4.56. The molecule has 0 saturated heterocycles. The molecule has 152 valence electrons. The summed E-state index contributed by atoms with van der Waals surface area (Å²) in [6, 6.07) is 13.9. The molecule has 2 aromatic carbocycles. The average Bonchev–Trinajstić information content (AvgIpc) is 3.05. The predicted octanol–water partition coefficient (Wildman–Crippen LogP) is 2.65. The van der Waals surface area contributed by atoms with Crippen LogP contribution in [0.4, 0.5) is 0 Å². The van der Waals surface area contributed by atoms with Crippen LogP contribution in [0.5, 0.6) is 5.75 Å². The second-order valence-electron chi connectivity index (χ2n) is 7.22. The highest BCUT2D eigenvalue weighted by Gasteiger charge is 2.25. The maximum Gasteiger partial charge on any atom is 0.251 e. The number of nitrogens with one attached hydrogen (secondary N) is 2. The number of rotatable bonds is 7. The maximum absolute atomic E-state index is 12.8. The highest BCUT2D eigenvalue weighted by atomic mass is 16.5. The largest absolute Gasteiger partial charge is 0.497 e. The van der Waals surface area contributed by atoms with Crippen LogP contribution < -0.4 is 15.4 Å². The second kappa shape index (κ2) is 8.77. The van der Waals surface area contributed by atoms with E-state index in [2.05, 4.69) is 15.6 Å². The van der Waals surface area contributed by atoms with Gasteiger partial charge in [0.1, 0.15) is 17.6 Å². The Balaban J connectivity index is 1.67. The van der Waals surface area contributed by atoms with Gasteiger partial charge < -0.3 is 19.9 Å². The number of fused-ring (bicyclic) bond motifs is 1. The number of aromatic nitrogens is 2. The number of imidazole rings is 1. The molecular formula is C22H26N4O3. The van der Waals surface area contributed by atoms with Crippen LogP contribution in [0.25, 0.3) is 11.0 Å². The number of ether oxygens (including phenoxy) is 1. The van der Waals surface area contributed by atoms with Crippen molar-refractivity contribution in [3.05, 3.63) is 59.9 Å².